The summed E-state index contributed by atoms with van der Waals surface area (Å²) in [6.45, 7) is 0.932. The zero-order chi connectivity index (χ0) is 11.7. The SMILES string of the molecule is Brc1c(NC2=NCCC2)cnc2ccccc12. The molecule has 1 aliphatic rings. The van der Waals surface area contributed by atoms with Crippen molar-refractivity contribution in [1.82, 2.24) is 4.98 Å². The first-order valence-electron chi connectivity index (χ1n) is 5.68. The average molecular weight is 290 g/mol. The number of pyridine rings is 1. The summed E-state index contributed by atoms with van der Waals surface area (Å²) in [5.74, 6) is 1.06. The highest BCUT2D eigenvalue weighted by Crippen LogP contribution is 2.30. The van der Waals surface area contributed by atoms with Crippen LogP contribution < -0.4 is 5.32 Å². The molecule has 0 saturated carbocycles. The monoisotopic (exact) mass is 289 g/mol. The van der Waals surface area contributed by atoms with E-state index in [-0.39, 0.29) is 0 Å². The lowest BCUT2D eigenvalue weighted by molar-refractivity contribution is 0.951. The van der Waals surface area contributed by atoms with Crippen molar-refractivity contribution >= 4 is 38.4 Å². The molecule has 1 aromatic carbocycles. The summed E-state index contributed by atoms with van der Waals surface area (Å²) in [6, 6.07) is 8.09. The highest BCUT2D eigenvalue weighted by molar-refractivity contribution is 9.10. The summed E-state index contributed by atoms with van der Waals surface area (Å²) in [6.07, 6.45) is 4.02. The van der Waals surface area contributed by atoms with Gasteiger partial charge in [0.05, 0.1) is 21.9 Å². The predicted molar refractivity (Wildman–Crippen MR) is 74.6 cm³/mol. The van der Waals surface area contributed by atoms with Crippen LogP contribution >= 0.6 is 15.9 Å². The summed E-state index contributed by atoms with van der Waals surface area (Å²) < 4.78 is 1.05. The number of amidine groups is 1. The van der Waals surface area contributed by atoms with E-state index < -0.39 is 0 Å². The molecule has 3 nitrogen and oxygen atoms in total. The second kappa shape index (κ2) is 4.45. The van der Waals surface area contributed by atoms with Crippen LogP contribution in [-0.2, 0) is 0 Å². The molecule has 2 heterocycles. The number of fused-ring (bicyclic) bond motifs is 1. The van der Waals surface area contributed by atoms with Crippen molar-refractivity contribution in [3.05, 3.63) is 34.9 Å². The molecule has 1 aliphatic heterocycles. The van der Waals surface area contributed by atoms with E-state index in [1.54, 1.807) is 0 Å². The molecule has 0 spiro atoms. The molecule has 0 unspecified atom stereocenters. The summed E-state index contributed by atoms with van der Waals surface area (Å²) in [7, 11) is 0. The first kappa shape index (κ1) is 10.7. The number of benzene rings is 1. The summed E-state index contributed by atoms with van der Waals surface area (Å²) in [5.41, 5.74) is 1.99. The standard InChI is InChI=1S/C13H12BrN3/c14-13-9-4-1-2-5-10(9)16-8-11(13)17-12-6-3-7-15-12/h1-2,4-5,8H,3,6-7H2,(H,15,17). The van der Waals surface area contributed by atoms with Crippen LogP contribution in [0.1, 0.15) is 12.8 Å². The van der Waals surface area contributed by atoms with Crippen molar-refractivity contribution in [2.24, 2.45) is 4.99 Å². The van der Waals surface area contributed by atoms with Gasteiger partial charge >= 0.3 is 0 Å². The fourth-order valence-corrected chi connectivity index (χ4v) is 2.53. The van der Waals surface area contributed by atoms with Crippen LogP contribution in [-0.4, -0.2) is 17.4 Å². The van der Waals surface area contributed by atoms with Crippen molar-refractivity contribution in [3.63, 3.8) is 0 Å². The Morgan fingerprint density at radius 2 is 2.12 bits per heavy atom. The Bertz CT molecular complexity index is 592. The van der Waals surface area contributed by atoms with Crippen LogP contribution in [0.4, 0.5) is 5.69 Å². The number of nitrogens with one attached hydrogen (secondary N) is 1. The second-order valence-corrected chi connectivity index (χ2v) is 4.85. The fraction of sp³-hybridized carbons (Fsp3) is 0.231. The molecular formula is C13H12BrN3. The van der Waals surface area contributed by atoms with Gasteiger partial charge in [0.25, 0.3) is 0 Å². The largest absolute Gasteiger partial charge is 0.342 e. The van der Waals surface area contributed by atoms with E-state index in [0.29, 0.717) is 0 Å². The van der Waals surface area contributed by atoms with E-state index in [9.17, 15) is 0 Å². The van der Waals surface area contributed by atoms with Crippen LogP contribution in [0.5, 0.6) is 0 Å². The Morgan fingerprint density at radius 1 is 1.24 bits per heavy atom. The number of aromatic nitrogens is 1. The molecule has 1 N–H and O–H groups in total. The molecule has 4 heteroatoms. The lowest BCUT2D eigenvalue weighted by Crippen LogP contribution is -2.09. The molecule has 17 heavy (non-hydrogen) atoms. The lowest BCUT2D eigenvalue weighted by Gasteiger charge is -2.09. The van der Waals surface area contributed by atoms with Crippen LogP contribution in [0.25, 0.3) is 10.9 Å². The number of aliphatic imine (C=N–C) groups is 1. The Hall–Kier alpha value is -1.42. The van der Waals surface area contributed by atoms with Crippen molar-refractivity contribution in [2.75, 3.05) is 11.9 Å². The van der Waals surface area contributed by atoms with Crippen LogP contribution in [0.3, 0.4) is 0 Å². The molecule has 0 atom stereocenters. The molecule has 0 aliphatic carbocycles. The van der Waals surface area contributed by atoms with Gasteiger partial charge in [0.2, 0.25) is 0 Å². The molecule has 0 fully saturated rings. The smallest absolute Gasteiger partial charge is 0.101 e. The number of rotatable bonds is 1. The number of hydrogen-bond acceptors (Lipinski definition) is 3. The van der Waals surface area contributed by atoms with E-state index in [2.05, 4.69) is 37.3 Å². The number of para-hydroxylation sites is 1. The minimum atomic E-state index is 0.932. The van der Waals surface area contributed by atoms with Crippen molar-refractivity contribution in [2.45, 2.75) is 12.8 Å². The summed E-state index contributed by atoms with van der Waals surface area (Å²) >= 11 is 3.63. The van der Waals surface area contributed by atoms with E-state index >= 15 is 0 Å². The van der Waals surface area contributed by atoms with Gasteiger partial charge in [-0.25, -0.2) is 0 Å². The normalized spacial score (nSPS) is 15.0. The molecule has 0 radical (unpaired) electrons. The highest BCUT2D eigenvalue weighted by Gasteiger charge is 2.10. The van der Waals surface area contributed by atoms with Gasteiger partial charge in [0.1, 0.15) is 5.84 Å². The molecular weight excluding hydrogens is 278 g/mol. The molecule has 86 valence electrons. The first-order chi connectivity index (χ1) is 8.34. The van der Waals surface area contributed by atoms with E-state index in [1.165, 1.54) is 0 Å². The molecule has 0 saturated heterocycles. The molecule has 3 rings (SSSR count). The van der Waals surface area contributed by atoms with Crippen molar-refractivity contribution in [3.8, 4) is 0 Å². The Labute approximate surface area is 108 Å². The predicted octanol–water partition coefficient (Wildman–Crippen LogP) is 3.60. The summed E-state index contributed by atoms with van der Waals surface area (Å²) in [4.78, 5) is 8.85. The zero-order valence-electron chi connectivity index (χ0n) is 9.28. The maximum Gasteiger partial charge on any atom is 0.101 e. The zero-order valence-corrected chi connectivity index (χ0v) is 10.9. The average Bonchev–Trinajstić information content (AvgIpc) is 2.86. The minimum absolute atomic E-state index is 0.932. The molecule has 0 amide bonds. The number of hydrogen-bond donors (Lipinski definition) is 1. The third-order valence-corrected chi connectivity index (χ3v) is 3.72. The fourth-order valence-electron chi connectivity index (χ4n) is 1.99. The first-order valence-corrected chi connectivity index (χ1v) is 6.47. The van der Waals surface area contributed by atoms with Gasteiger partial charge in [-0.15, -0.1) is 0 Å². The number of halogens is 1. The number of anilines is 1. The maximum atomic E-state index is 4.44. The number of nitrogens with zero attached hydrogens (tertiary/aromatic N) is 2. The Morgan fingerprint density at radius 3 is 2.94 bits per heavy atom. The Balaban J connectivity index is 2.02. The Kier molecular flexibility index (Phi) is 2.81. The van der Waals surface area contributed by atoms with Gasteiger partial charge in [-0.2, -0.15) is 0 Å². The lowest BCUT2D eigenvalue weighted by atomic mass is 10.2. The second-order valence-electron chi connectivity index (χ2n) is 4.06. The van der Waals surface area contributed by atoms with E-state index in [4.69, 9.17) is 0 Å². The van der Waals surface area contributed by atoms with Gasteiger partial charge in [-0.3, -0.25) is 9.98 Å². The highest BCUT2D eigenvalue weighted by atomic mass is 79.9. The van der Waals surface area contributed by atoms with Crippen LogP contribution in [0.15, 0.2) is 39.9 Å². The van der Waals surface area contributed by atoms with Crippen LogP contribution in [0.2, 0.25) is 0 Å². The third kappa shape index (κ3) is 2.05. The molecule has 0 bridgehead atoms. The van der Waals surface area contributed by atoms with E-state index in [1.807, 2.05) is 24.4 Å². The third-order valence-electron chi connectivity index (χ3n) is 2.86. The van der Waals surface area contributed by atoms with Gasteiger partial charge in [-0.1, -0.05) is 18.2 Å². The topological polar surface area (TPSA) is 37.3 Å². The van der Waals surface area contributed by atoms with Crippen molar-refractivity contribution in [1.29, 1.82) is 0 Å². The van der Waals surface area contributed by atoms with Gasteiger partial charge in [0, 0.05) is 18.4 Å². The molecule has 1 aromatic heterocycles. The summed E-state index contributed by atoms with van der Waals surface area (Å²) in [5, 5.41) is 4.46. The van der Waals surface area contributed by atoms with Crippen molar-refractivity contribution < 1.29 is 0 Å². The van der Waals surface area contributed by atoms with Gasteiger partial charge in [0.15, 0.2) is 0 Å². The van der Waals surface area contributed by atoms with Gasteiger partial charge in [-0.05, 0) is 28.4 Å². The van der Waals surface area contributed by atoms with Gasteiger partial charge < -0.3 is 5.32 Å². The van der Waals surface area contributed by atoms with E-state index in [0.717, 1.165) is 46.3 Å². The quantitative estimate of drug-likeness (QED) is 0.871. The maximum absolute atomic E-state index is 4.44. The molecule has 2 aromatic rings. The minimum Gasteiger partial charge on any atom is -0.342 e. The van der Waals surface area contributed by atoms with Crippen LogP contribution in [0, 0.1) is 0 Å².